The highest BCUT2D eigenvalue weighted by Gasteiger charge is 2.31. The van der Waals surface area contributed by atoms with E-state index < -0.39 is 0 Å². The summed E-state index contributed by atoms with van der Waals surface area (Å²) in [4.78, 5) is 26.4. The van der Waals surface area contributed by atoms with Crippen molar-refractivity contribution >= 4 is 5.82 Å². The van der Waals surface area contributed by atoms with Gasteiger partial charge in [-0.2, -0.15) is 0 Å². The lowest BCUT2D eigenvalue weighted by molar-refractivity contribution is 0.207. The summed E-state index contributed by atoms with van der Waals surface area (Å²) in [5.41, 5.74) is 2.01. The van der Waals surface area contributed by atoms with Crippen LogP contribution in [0.4, 0.5) is 5.82 Å². The van der Waals surface area contributed by atoms with E-state index in [9.17, 15) is 9.90 Å². The molecule has 1 saturated heterocycles. The molecule has 4 rings (SSSR count). The number of pyridine rings is 3. The monoisotopic (exact) mass is 405 g/mol. The number of aryl methyl sites for hydroxylation is 1. The zero-order chi connectivity index (χ0) is 21.1. The van der Waals surface area contributed by atoms with E-state index in [1.54, 1.807) is 29.2 Å². The van der Waals surface area contributed by atoms with Crippen LogP contribution in [0.15, 0.2) is 59.8 Å². The van der Waals surface area contributed by atoms with Crippen LogP contribution in [0, 0.1) is 6.92 Å². The molecule has 7 nitrogen and oxygen atoms in total. The van der Waals surface area contributed by atoms with Crippen LogP contribution in [0.5, 0.6) is 5.75 Å². The average Bonchev–Trinajstić information content (AvgIpc) is 2.78. The molecule has 4 heterocycles. The molecule has 0 saturated carbocycles. The van der Waals surface area contributed by atoms with Gasteiger partial charge in [0.05, 0.1) is 11.6 Å². The van der Waals surface area contributed by atoms with E-state index in [1.807, 2.05) is 44.2 Å². The maximum Gasteiger partial charge on any atom is 0.259 e. The summed E-state index contributed by atoms with van der Waals surface area (Å²) in [6, 6.07) is 11.1. The van der Waals surface area contributed by atoms with Gasteiger partial charge in [-0.1, -0.05) is 6.07 Å². The van der Waals surface area contributed by atoms with Gasteiger partial charge in [0.25, 0.3) is 5.56 Å². The van der Waals surface area contributed by atoms with Crippen LogP contribution in [0.1, 0.15) is 29.8 Å². The predicted molar refractivity (Wildman–Crippen MR) is 117 cm³/mol. The van der Waals surface area contributed by atoms with Crippen LogP contribution >= 0.6 is 0 Å². The number of anilines is 1. The molecule has 0 radical (unpaired) electrons. The molecule has 1 N–H and O–H groups in total. The Morgan fingerprint density at radius 3 is 2.43 bits per heavy atom. The molecule has 0 spiro atoms. The second kappa shape index (κ2) is 8.67. The predicted octanol–water partition coefficient (Wildman–Crippen LogP) is 2.58. The summed E-state index contributed by atoms with van der Waals surface area (Å²) >= 11 is 0. The first-order valence-electron chi connectivity index (χ1n) is 10.3. The summed E-state index contributed by atoms with van der Waals surface area (Å²) in [5, 5.41) is 10.8. The molecule has 156 valence electrons. The van der Waals surface area contributed by atoms with Gasteiger partial charge in [-0.15, -0.1) is 0 Å². The van der Waals surface area contributed by atoms with E-state index in [1.165, 1.54) is 0 Å². The number of rotatable bonds is 5. The van der Waals surface area contributed by atoms with Gasteiger partial charge < -0.3 is 14.6 Å². The van der Waals surface area contributed by atoms with Crippen molar-refractivity contribution in [3.63, 3.8) is 0 Å². The molecule has 0 unspecified atom stereocenters. The third kappa shape index (κ3) is 3.80. The lowest BCUT2D eigenvalue weighted by atomic mass is 9.96. The minimum absolute atomic E-state index is 0.0520. The van der Waals surface area contributed by atoms with Crippen LogP contribution in [-0.4, -0.2) is 50.7 Å². The standard InChI is InChI=1S/C23H27N5O2/c1-3-28-17(2)16-19(29)21(23(28)30)22(18-7-10-24-11-8-18)27-14-12-26(13-15-27)20-6-4-5-9-25-20/h4-11,16,22,29H,3,12-15H2,1-2H3/t22-/m0/s1. The molecule has 1 aliphatic rings. The highest BCUT2D eigenvalue weighted by Crippen LogP contribution is 2.33. The molecule has 3 aromatic heterocycles. The maximum absolute atomic E-state index is 13.3. The Kier molecular flexibility index (Phi) is 5.81. The van der Waals surface area contributed by atoms with Crippen LogP contribution in [0.25, 0.3) is 0 Å². The highest BCUT2D eigenvalue weighted by atomic mass is 16.3. The second-order valence-corrected chi connectivity index (χ2v) is 7.53. The van der Waals surface area contributed by atoms with Gasteiger partial charge in [0.15, 0.2) is 0 Å². The fraction of sp³-hybridized carbons (Fsp3) is 0.348. The lowest BCUT2D eigenvalue weighted by Crippen LogP contribution is -2.49. The highest BCUT2D eigenvalue weighted by molar-refractivity contribution is 5.42. The Labute approximate surface area is 176 Å². The molecule has 30 heavy (non-hydrogen) atoms. The molecule has 1 fully saturated rings. The molecular weight excluding hydrogens is 378 g/mol. The molecular formula is C23H27N5O2. The number of hydrogen-bond acceptors (Lipinski definition) is 6. The van der Waals surface area contributed by atoms with E-state index in [0.717, 1.165) is 43.3 Å². The van der Waals surface area contributed by atoms with Crippen molar-refractivity contribution in [2.75, 3.05) is 31.1 Å². The minimum Gasteiger partial charge on any atom is -0.507 e. The SMILES string of the molecule is CCn1c(C)cc(O)c([C@H](c2ccncc2)N2CCN(c3ccccn3)CC2)c1=O. The van der Waals surface area contributed by atoms with Gasteiger partial charge in [-0.3, -0.25) is 14.7 Å². The van der Waals surface area contributed by atoms with Gasteiger partial charge in [0.1, 0.15) is 11.6 Å². The Morgan fingerprint density at radius 2 is 1.80 bits per heavy atom. The van der Waals surface area contributed by atoms with Crippen molar-refractivity contribution < 1.29 is 5.11 Å². The van der Waals surface area contributed by atoms with Crippen LogP contribution < -0.4 is 10.5 Å². The maximum atomic E-state index is 13.3. The summed E-state index contributed by atoms with van der Waals surface area (Å²) in [5.74, 6) is 1.01. The van der Waals surface area contributed by atoms with Crippen LogP contribution in [-0.2, 0) is 6.54 Å². The number of aromatic hydroxyl groups is 1. The van der Waals surface area contributed by atoms with E-state index in [-0.39, 0.29) is 17.4 Å². The normalized spacial score (nSPS) is 15.9. The van der Waals surface area contributed by atoms with Gasteiger partial charge >= 0.3 is 0 Å². The lowest BCUT2D eigenvalue weighted by Gasteiger charge is -2.40. The van der Waals surface area contributed by atoms with Gasteiger partial charge in [0, 0.05) is 57.0 Å². The van der Waals surface area contributed by atoms with Crippen molar-refractivity contribution in [1.29, 1.82) is 0 Å². The summed E-state index contributed by atoms with van der Waals surface area (Å²) in [6.45, 7) is 7.46. The fourth-order valence-electron chi connectivity index (χ4n) is 4.27. The summed E-state index contributed by atoms with van der Waals surface area (Å²) < 4.78 is 1.72. The topological polar surface area (TPSA) is 74.5 Å². The van der Waals surface area contributed by atoms with Crippen molar-refractivity contribution in [1.82, 2.24) is 19.4 Å². The minimum atomic E-state index is -0.329. The van der Waals surface area contributed by atoms with Crippen molar-refractivity contribution in [3.05, 3.63) is 82.2 Å². The van der Waals surface area contributed by atoms with E-state index in [0.29, 0.717) is 12.1 Å². The molecule has 1 aliphatic heterocycles. The number of nitrogens with zero attached hydrogens (tertiary/aromatic N) is 5. The van der Waals surface area contributed by atoms with Crippen molar-refractivity contribution in [3.8, 4) is 5.75 Å². The quantitative estimate of drug-likeness (QED) is 0.703. The molecule has 0 aliphatic carbocycles. The zero-order valence-electron chi connectivity index (χ0n) is 17.4. The van der Waals surface area contributed by atoms with Crippen molar-refractivity contribution in [2.45, 2.75) is 26.4 Å². The smallest absolute Gasteiger partial charge is 0.259 e. The van der Waals surface area contributed by atoms with Gasteiger partial charge in [-0.25, -0.2) is 4.98 Å². The third-order valence-electron chi connectivity index (χ3n) is 5.79. The molecule has 1 atom stereocenters. The molecule has 3 aromatic rings. The van der Waals surface area contributed by atoms with Gasteiger partial charge in [-0.05, 0) is 49.7 Å². The Balaban J connectivity index is 1.71. The van der Waals surface area contributed by atoms with E-state index in [4.69, 9.17) is 0 Å². The first-order valence-corrected chi connectivity index (χ1v) is 10.3. The third-order valence-corrected chi connectivity index (χ3v) is 5.79. The van der Waals surface area contributed by atoms with Crippen LogP contribution in [0.2, 0.25) is 0 Å². The number of aromatic nitrogens is 3. The fourth-order valence-corrected chi connectivity index (χ4v) is 4.27. The zero-order valence-corrected chi connectivity index (χ0v) is 17.4. The molecule has 0 bridgehead atoms. The Bertz CT molecular complexity index is 1040. The number of piperazine rings is 1. The largest absolute Gasteiger partial charge is 0.507 e. The van der Waals surface area contributed by atoms with E-state index in [2.05, 4.69) is 19.8 Å². The van der Waals surface area contributed by atoms with E-state index >= 15 is 0 Å². The first-order chi connectivity index (χ1) is 14.6. The number of hydrogen-bond donors (Lipinski definition) is 1. The Hall–Kier alpha value is -3.19. The Morgan fingerprint density at radius 1 is 1.07 bits per heavy atom. The van der Waals surface area contributed by atoms with Crippen LogP contribution in [0.3, 0.4) is 0 Å². The van der Waals surface area contributed by atoms with Crippen molar-refractivity contribution in [2.24, 2.45) is 0 Å². The summed E-state index contributed by atoms with van der Waals surface area (Å²) in [6.07, 6.45) is 5.27. The summed E-state index contributed by atoms with van der Waals surface area (Å²) in [7, 11) is 0. The molecule has 7 heteroatoms. The second-order valence-electron chi connectivity index (χ2n) is 7.53. The van der Waals surface area contributed by atoms with Gasteiger partial charge in [0.2, 0.25) is 0 Å². The molecule has 0 amide bonds. The average molecular weight is 406 g/mol. The first kappa shape index (κ1) is 20.1. The molecule has 0 aromatic carbocycles.